The number of aliphatic hydroxyl groups is 1. The van der Waals surface area contributed by atoms with E-state index >= 15 is 0 Å². The lowest BCUT2D eigenvalue weighted by Gasteiger charge is -2.23. The molecule has 1 atom stereocenters. The molecule has 0 spiro atoms. The van der Waals surface area contributed by atoms with E-state index in [9.17, 15) is 13.9 Å². The zero-order chi connectivity index (χ0) is 12.5. The van der Waals surface area contributed by atoms with Crippen molar-refractivity contribution in [2.45, 2.75) is 12.0 Å². The van der Waals surface area contributed by atoms with Crippen LogP contribution in [0.1, 0.15) is 11.6 Å². The first kappa shape index (κ1) is 14.3. The summed E-state index contributed by atoms with van der Waals surface area (Å²) in [6.45, 7) is -1.35. The first-order valence-corrected chi connectivity index (χ1v) is 6.37. The van der Waals surface area contributed by atoms with Gasteiger partial charge < -0.3 is 15.9 Å². The largest absolute Gasteiger partial charge is 0.506 e. The maximum absolute atomic E-state index is 13.2. The van der Waals surface area contributed by atoms with E-state index in [2.05, 4.69) is 0 Å². The highest BCUT2D eigenvalue weighted by atomic mass is 127. The van der Waals surface area contributed by atoms with Crippen LogP contribution in [0.5, 0.6) is 5.75 Å². The number of benzene rings is 1. The molecular weight excluding hydrogens is 446 g/mol. The average molecular weight is 455 g/mol. The molecule has 0 aliphatic rings. The van der Waals surface area contributed by atoms with Crippen LogP contribution in [0.2, 0.25) is 0 Å². The molecule has 16 heavy (non-hydrogen) atoms. The number of alkyl halides is 2. The van der Waals surface area contributed by atoms with E-state index in [0.717, 1.165) is 0 Å². The van der Waals surface area contributed by atoms with Crippen LogP contribution in [0.4, 0.5) is 8.78 Å². The third-order valence-electron chi connectivity index (χ3n) is 2.06. The average Bonchev–Trinajstić information content (AvgIpc) is 2.22. The van der Waals surface area contributed by atoms with Gasteiger partial charge in [0.1, 0.15) is 18.4 Å². The number of hydrogen-bond donors (Lipinski definition) is 3. The predicted octanol–water partition coefficient (Wildman–Crippen LogP) is 2.23. The van der Waals surface area contributed by atoms with E-state index in [0.29, 0.717) is 7.14 Å². The Morgan fingerprint density at radius 3 is 2.44 bits per heavy atom. The quantitative estimate of drug-likeness (QED) is 0.614. The van der Waals surface area contributed by atoms with Gasteiger partial charge in [0, 0.05) is 9.13 Å². The lowest BCUT2D eigenvalue weighted by Crippen LogP contribution is -2.36. The summed E-state index contributed by atoms with van der Waals surface area (Å²) in [5.41, 5.74) is 5.29. The van der Waals surface area contributed by atoms with Gasteiger partial charge in [-0.2, -0.15) is 0 Å². The lowest BCUT2D eigenvalue weighted by atomic mass is 10.0. The molecule has 0 saturated heterocycles. The van der Waals surface area contributed by atoms with Gasteiger partial charge in [-0.05, 0) is 57.3 Å². The maximum Gasteiger partial charge on any atom is 0.289 e. The number of halogens is 4. The van der Waals surface area contributed by atoms with Gasteiger partial charge in [-0.15, -0.1) is 0 Å². The molecule has 90 valence electrons. The van der Waals surface area contributed by atoms with Crippen molar-refractivity contribution >= 4 is 45.2 Å². The van der Waals surface area contributed by atoms with E-state index in [1.807, 2.05) is 45.2 Å². The van der Waals surface area contributed by atoms with Gasteiger partial charge in [0.15, 0.2) is 0 Å². The van der Waals surface area contributed by atoms with Crippen LogP contribution >= 0.6 is 45.2 Å². The zero-order valence-electron chi connectivity index (χ0n) is 7.92. The molecule has 1 aromatic rings. The van der Waals surface area contributed by atoms with Crippen LogP contribution < -0.4 is 5.73 Å². The molecule has 0 radical (unpaired) electrons. The summed E-state index contributed by atoms with van der Waals surface area (Å²) in [6, 6.07) is 1.30. The third kappa shape index (κ3) is 2.93. The van der Waals surface area contributed by atoms with Crippen LogP contribution in [0.15, 0.2) is 12.1 Å². The van der Waals surface area contributed by atoms with Crippen LogP contribution in [0.25, 0.3) is 0 Å². The van der Waals surface area contributed by atoms with Crippen molar-refractivity contribution in [1.82, 2.24) is 0 Å². The summed E-state index contributed by atoms with van der Waals surface area (Å²) in [6.07, 6.45) is 0. The van der Waals surface area contributed by atoms with Gasteiger partial charge >= 0.3 is 0 Å². The zero-order valence-corrected chi connectivity index (χ0v) is 12.2. The van der Waals surface area contributed by atoms with Crippen molar-refractivity contribution in [3.05, 3.63) is 24.8 Å². The monoisotopic (exact) mass is 455 g/mol. The maximum atomic E-state index is 13.2. The fourth-order valence-corrected chi connectivity index (χ4v) is 3.04. The topological polar surface area (TPSA) is 66.5 Å². The summed E-state index contributed by atoms with van der Waals surface area (Å²) < 4.78 is 27.5. The minimum absolute atomic E-state index is 0.0599. The first-order chi connectivity index (χ1) is 7.29. The number of nitrogens with two attached hydrogens (primary N) is 1. The molecule has 0 saturated carbocycles. The van der Waals surface area contributed by atoms with Crippen molar-refractivity contribution in [2.24, 2.45) is 5.73 Å². The lowest BCUT2D eigenvalue weighted by molar-refractivity contribution is -0.0716. The Hall–Kier alpha value is 0.260. The molecule has 0 heterocycles. The summed E-state index contributed by atoms with van der Waals surface area (Å²) in [5, 5.41) is 18.2. The normalized spacial score (nSPS) is 13.9. The number of phenolic OH excluding ortho intramolecular Hbond substituents is 1. The number of aromatic hydroxyl groups is 1. The number of rotatable bonds is 3. The molecule has 0 bridgehead atoms. The van der Waals surface area contributed by atoms with E-state index in [1.54, 1.807) is 6.07 Å². The van der Waals surface area contributed by atoms with Crippen molar-refractivity contribution in [3.8, 4) is 5.75 Å². The van der Waals surface area contributed by atoms with Crippen LogP contribution in [-0.4, -0.2) is 22.7 Å². The summed E-state index contributed by atoms with van der Waals surface area (Å²) in [4.78, 5) is 0. The fourth-order valence-electron chi connectivity index (χ4n) is 1.15. The van der Waals surface area contributed by atoms with Crippen molar-refractivity contribution in [1.29, 1.82) is 0 Å². The van der Waals surface area contributed by atoms with Crippen LogP contribution in [0, 0.1) is 7.14 Å². The van der Waals surface area contributed by atoms with E-state index < -0.39 is 18.6 Å². The van der Waals surface area contributed by atoms with Crippen LogP contribution in [0.3, 0.4) is 0 Å². The Morgan fingerprint density at radius 1 is 1.38 bits per heavy atom. The van der Waals surface area contributed by atoms with Gasteiger partial charge in [0.05, 0.1) is 3.57 Å². The van der Waals surface area contributed by atoms with Gasteiger partial charge in [0.25, 0.3) is 5.92 Å². The smallest absolute Gasteiger partial charge is 0.289 e. The molecule has 7 heteroatoms. The van der Waals surface area contributed by atoms with E-state index in [-0.39, 0.29) is 11.3 Å². The second-order valence-corrected chi connectivity index (χ2v) is 5.63. The molecule has 1 rings (SSSR count). The molecule has 0 aliphatic carbocycles. The highest BCUT2D eigenvalue weighted by molar-refractivity contribution is 14.1. The molecule has 0 amide bonds. The first-order valence-electron chi connectivity index (χ1n) is 4.21. The van der Waals surface area contributed by atoms with Crippen molar-refractivity contribution in [3.63, 3.8) is 0 Å². The minimum Gasteiger partial charge on any atom is -0.506 e. The molecule has 4 N–H and O–H groups in total. The second-order valence-electron chi connectivity index (χ2n) is 3.22. The Morgan fingerprint density at radius 2 is 1.94 bits per heavy atom. The Labute approximate surface area is 118 Å². The summed E-state index contributed by atoms with van der Waals surface area (Å²) >= 11 is 3.77. The molecular formula is C9H9F2I2NO2. The SMILES string of the molecule is N[C@@H](c1cc(I)cc(I)c1O)C(F)(F)CO. The number of hydrogen-bond acceptors (Lipinski definition) is 3. The van der Waals surface area contributed by atoms with Crippen molar-refractivity contribution < 1.29 is 19.0 Å². The molecule has 0 aliphatic heterocycles. The summed E-state index contributed by atoms with van der Waals surface area (Å²) in [7, 11) is 0. The van der Waals surface area contributed by atoms with Gasteiger partial charge in [-0.1, -0.05) is 0 Å². The molecule has 0 unspecified atom stereocenters. The van der Waals surface area contributed by atoms with Crippen LogP contribution in [-0.2, 0) is 0 Å². The Kier molecular flexibility index (Phi) is 4.72. The highest BCUT2D eigenvalue weighted by Gasteiger charge is 2.39. The number of aliphatic hydroxyl groups excluding tert-OH is 1. The Balaban J connectivity index is 3.23. The molecule has 0 fully saturated rings. The molecule has 0 aromatic heterocycles. The van der Waals surface area contributed by atoms with E-state index in [4.69, 9.17) is 10.8 Å². The third-order valence-corrected chi connectivity index (χ3v) is 3.50. The van der Waals surface area contributed by atoms with E-state index in [1.165, 1.54) is 6.07 Å². The highest BCUT2D eigenvalue weighted by Crippen LogP contribution is 2.37. The van der Waals surface area contributed by atoms with Gasteiger partial charge in [-0.25, -0.2) is 8.78 Å². The van der Waals surface area contributed by atoms with Gasteiger partial charge in [-0.3, -0.25) is 0 Å². The molecule has 3 nitrogen and oxygen atoms in total. The second kappa shape index (κ2) is 5.27. The molecule has 1 aromatic carbocycles. The van der Waals surface area contributed by atoms with Gasteiger partial charge in [0.2, 0.25) is 0 Å². The Bertz CT molecular complexity index is 401. The van der Waals surface area contributed by atoms with Crippen molar-refractivity contribution in [2.75, 3.05) is 6.61 Å². The standard InChI is InChI=1S/C9H9F2I2NO2/c10-9(11,3-15)8(14)5-1-4(12)2-6(13)7(5)16/h1-2,8,15-16H,3,14H2/t8-/m0/s1. The predicted molar refractivity (Wildman–Crippen MR) is 72.5 cm³/mol. The summed E-state index contributed by atoms with van der Waals surface area (Å²) in [5.74, 6) is -3.72. The minimum atomic E-state index is -3.45. The number of phenols is 1. The fraction of sp³-hybridized carbons (Fsp3) is 0.333.